The van der Waals surface area contributed by atoms with Crippen LogP contribution in [0.2, 0.25) is 0 Å². The topological polar surface area (TPSA) is 245 Å². The van der Waals surface area contributed by atoms with Crippen LogP contribution in [0.3, 0.4) is 0 Å². The Balaban J connectivity index is 1.84. The van der Waals surface area contributed by atoms with Crippen molar-refractivity contribution in [2.24, 2.45) is 5.16 Å². The van der Waals surface area contributed by atoms with Crippen molar-refractivity contribution in [1.29, 1.82) is 0 Å². The zero-order valence-corrected chi connectivity index (χ0v) is 20.9. The van der Waals surface area contributed by atoms with Gasteiger partial charge < -0.3 is 50.0 Å². The summed E-state index contributed by atoms with van der Waals surface area (Å²) in [4.78, 5) is 0. The Morgan fingerprint density at radius 1 is 0.973 bits per heavy atom. The molecule has 0 saturated carbocycles. The van der Waals surface area contributed by atoms with Crippen LogP contribution in [0.4, 0.5) is 0 Å². The van der Waals surface area contributed by atoms with Crippen molar-refractivity contribution in [2.75, 3.05) is 6.61 Å². The maximum atomic E-state index is 11.1. The maximum Gasteiger partial charge on any atom is 0.466 e. The third kappa shape index (κ3) is 7.49. The van der Waals surface area contributed by atoms with Crippen molar-refractivity contribution < 1.29 is 67.2 Å². The largest absolute Gasteiger partial charge is 0.466 e. The van der Waals surface area contributed by atoms with Gasteiger partial charge in [0.25, 0.3) is 0 Å². The molecule has 8 N–H and O–H groups in total. The van der Waals surface area contributed by atoms with Crippen molar-refractivity contribution in [3.8, 4) is 5.75 Å². The summed E-state index contributed by atoms with van der Waals surface area (Å²) in [7, 11) is -5.03. The Labute approximate surface area is 215 Å². The summed E-state index contributed by atoms with van der Waals surface area (Å²) < 4.78 is 51.8. The second-order valence-electron chi connectivity index (χ2n) is 8.39. The number of aliphatic hydroxyl groups excluding tert-OH is 7. The summed E-state index contributed by atoms with van der Waals surface area (Å²) in [5, 5.41) is 73.1. The van der Waals surface area contributed by atoms with Gasteiger partial charge in [0.2, 0.25) is 6.29 Å². The molecule has 10 atom stereocenters. The Morgan fingerprint density at radius 2 is 1.62 bits per heavy atom. The number of benzene rings is 1. The molecular formula is C20H29NO14S2. The minimum Gasteiger partial charge on any atom is -0.462 e. The van der Waals surface area contributed by atoms with Gasteiger partial charge in [-0.1, -0.05) is 35.1 Å². The number of oxime groups is 1. The average molecular weight is 572 g/mol. The normalized spacial score (nSPS) is 37.3. The van der Waals surface area contributed by atoms with Gasteiger partial charge in [-0.05, 0) is 13.0 Å². The molecule has 0 radical (unpaired) electrons. The van der Waals surface area contributed by atoms with E-state index < -0.39 is 77.6 Å². The molecule has 15 nitrogen and oxygen atoms in total. The van der Waals surface area contributed by atoms with Crippen molar-refractivity contribution >= 4 is 27.2 Å². The molecule has 2 saturated heterocycles. The average Bonchev–Trinajstić information content (AvgIpc) is 2.85. The number of nitrogens with zero attached hydrogens (tertiary/aromatic N) is 1. The van der Waals surface area contributed by atoms with E-state index in [4.69, 9.17) is 18.8 Å². The first kappa shape index (κ1) is 29.9. The maximum absolute atomic E-state index is 11.1. The van der Waals surface area contributed by atoms with Crippen LogP contribution in [0.1, 0.15) is 12.5 Å². The van der Waals surface area contributed by atoms with Crippen LogP contribution in [-0.2, 0) is 30.6 Å². The van der Waals surface area contributed by atoms with Crippen LogP contribution < -0.4 is 4.74 Å². The fourth-order valence-electron chi connectivity index (χ4n) is 3.65. The molecule has 17 heteroatoms. The number of ether oxygens (including phenoxy) is 3. The lowest BCUT2D eigenvalue weighted by Crippen LogP contribution is -2.58. The molecule has 0 aromatic heterocycles. The molecule has 1 aromatic carbocycles. The monoisotopic (exact) mass is 571 g/mol. The minimum absolute atomic E-state index is 0.0938. The molecule has 1 aromatic rings. The highest BCUT2D eigenvalue weighted by Gasteiger charge is 2.45. The summed E-state index contributed by atoms with van der Waals surface area (Å²) >= 11 is 0.576. The summed E-state index contributed by atoms with van der Waals surface area (Å²) in [5.41, 5.74) is -1.05. The summed E-state index contributed by atoms with van der Waals surface area (Å²) in [5.74, 6) is 0.0938. The van der Waals surface area contributed by atoms with Crippen LogP contribution in [0, 0.1) is 0 Å². The standard InChI is InChI=1S/C20H29NO14S2/c1-8-13(23)15(25)17(27)19(32-8)33-10-5-3-2-4-9(10)6-12(21-35-37(29,30)31)36-20-18(28)16(26)14(24)11(7-22)34-20/h2-5,8,11,13-20,22-28H,6-7H2,1H3,(H,29,30,31). The van der Waals surface area contributed by atoms with E-state index in [2.05, 4.69) is 9.44 Å². The van der Waals surface area contributed by atoms with Gasteiger partial charge in [-0.25, -0.2) is 4.28 Å². The van der Waals surface area contributed by atoms with E-state index in [9.17, 15) is 44.2 Å². The first-order valence-corrected chi connectivity index (χ1v) is 13.2. The molecular weight excluding hydrogens is 542 g/mol. The summed E-state index contributed by atoms with van der Waals surface area (Å²) in [6, 6.07) is 6.14. The molecule has 37 heavy (non-hydrogen) atoms. The van der Waals surface area contributed by atoms with Crippen LogP contribution in [0.25, 0.3) is 0 Å². The lowest BCUT2D eigenvalue weighted by molar-refractivity contribution is -0.268. The van der Waals surface area contributed by atoms with Gasteiger partial charge in [-0.2, -0.15) is 8.42 Å². The molecule has 2 fully saturated rings. The third-order valence-electron chi connectivity index (χ3n) is 5.70. The highest BCUT2D eigenvalue weighted by Crippen LogP contribution is 2.32. The Morgan fingerprint density at radius 3 is 2.27 bits per heavy atom. The highest BCUT2D eigenvalue weighted by atomic mass is 32.3. The molecule has 0 aliphatic carbocycles. The van der Waals surface area contributed by atoms with Gasteiger partial charge in [0.15, 0.2) is 0 Å². The minimum atomic E-state index is -5.03. The molecule has 0 spiro atoms. The Kier molecular flexibility index (Phi) is 10.1. The van der Waals surface area contributed by atoms with Crippen LogP contribution >= 0.6 is 11.8 Å². The molecule has 2 aliphatic heterocycles. The number of hydrogen-bond acceptors (Lipinski definition) is 15. The van der Waals surface area contributed by atoms with E-state index in [1.807, 2.05) is 0 Å². The molecule has 2 aliphatic rings. The summed E-state index contributed by atoms with van der Waals surface area (Å²) in [6.07, 6.45) is -13.3. The van der Waals surface area contributed by atoms with Gasteiger partial charge in [0, 0.05) is 12.0 Å². The van der Waals surface area contributed by atoms with Gasteiger partial charge in [-0.3, -0.25) is 4.55 Å². The van der Waals surface area contributed by atoms with E-state index in [-0.39, 0.29) is 17.2 Å². The van der Waals surface area contributed by atoms with Crippen molar-refractivity contribution in [3.05, 3.63) is 29.8 Å². The van der Waals surface area contributed by atoms with Crippen LogP contribution in [-0.4, -0.2) is 121 Å². The van der Waals surface area contributed by atoms with Gasteiger partial charge in [0.05, 0.1) is 12.7 Å². The lowest BCUT2D eigenvalue weighted by atomic mass is 10.00. The van der Waals surface area contributed by atoms with E-state index in [1.54, 1.807) is 12.1 Å². The molecule has 10 unspecified atom stereocenters. The Hall–Kier alpha value is -1.61. The highest BCUT2D eigenvalue weighted by molar-refractivity contribution is 8.14. The van der Waals surface area contributed by atoms with Crippen molar-refractivity contribution in [2.45, 2.75) is 73.9 Å². The van der Waals surface area contributed by atoms with E-state index in [1.165, 1.54) is 19.1 Å². The second kappa shape index (κ2) is 12.5. The quantitative estimate of drug-likeness (QED) is 0.0675. The van der Waals surface area contributed by atoms with Gasteiger partial charge in [0.1, 0.15) is 59.0 Å². The van der Waals surface area contributed by atoms with Crippen LogP contribution in [0.5, 0.6) is 5.75 Å². The number of hydrogen-bond donors (Lipinski definition) is 8. The van der Waals surface area contributed by atoms with E-state index >= 15 is 0 Å². The molecule has 3 rings (SSSR count). The van der Waals surface area contributed by atoms with Crippen molar-refractivity contribution in [3.63, 3.8) is 0 Å². The lowest BCUT2D eigenvalue weighted by Gasteiger charge is -2.39. The number of rotatable bonds is 8. The van der Waals surface area contributed by atoms with Gasteiger partial charge >= 0.3 is 10.4 Å². The second-order valence-corrected chi connectivity index (χ2v) is 10.6. The fraction of sp³-hybridized carbons (Fsp3) is 0.650. The number of thioether (sulfide) groups is 1. The fourth-order valence-corrected chi connectivity index (χ4v) is 4.96. The first-order chi connectivity index (χ1) is 17.3. The zero-order chi connectivity index (χ0) is 27.5. The van der Waals surface area contributed by atoms with Gasteiger partial charge in [-0.15, -0.1) is 0 Å². The smallest absolute Gasteiger partial charge is 0.462 e. The molecule has 0 amide bonds. The van der Waals surface area contributed by atoms with E-state index in [0.717, 1.165) is 0 Å². The van der Waals surface area contributed by atoms with Crippen LogP contribution in [0.15, 0.2) is 29.4 Å². The first-order valence-electron chi connectivity index (χ1n) is 11.0. The number of aliphatic hydroxyl groups is 7. The number of para-hydroxylation sites is 1. The zero-order valence-electron chi connectivity index (χ0n) is 19.3. The molecule has 0 bridgehead atoms. The Bertz CT molecular complexity index is 1040. The predicted octanol–water partition coefficient (Wildman–Crippen LogP) is -2.90. The molecule has 210 valence electrons. The SMILES string of the molecule is CC1OC(Oc2ccccc2CC(=NOS(=O)(=O)O)SC2OC(CO)C(O)C(O)C2O)C(O)C(O)C1O. The van der Waals surface area contributed by atoms with Crippen molar-refractivity contribution in [1.82, 2.24) is 0 Å². The van der Waals surface area contributed by atoms with E-state index in [0.29, 0.717) is 17.3 Å². The predicted molar refractivity (Wildman–Crippen MR) is 125 cm³/mol. The third-order valence-corrected chi connectivity index (χ3v) is 7.08. The summed E-state index contributed by atoms with van der Waals surface area (Å²) in [6.45, 7) is 0.770. The molecule has 2 heterocycles.